The van der Waals surface area contributed by atoms with E-state index >= 15 is 0 Å². The highest BCUT2D eigenvalue weighted by molar-refractivity contribution is 7.99. The Balaban J connectivity index is 1.76. The molecule has 2 amide bonds. The first-order chi connectivity index (χ1) is 18.0. The van der Waals surface area contributed by atoms with Crippen molar-refractivity contribution < 1.29 is 23.9 Å². The minimum atomic E-state index is -0.476. The minimum absolute atomic E-state index is 0.0810. The second-order valence-corrected chi connectivity index (χ2v) is 8.70. The van der Waals surface area contributed by atoms with Gasteiger partial charge in [-0.15, -0.1) is 11.8 Å². The van der Waals surface area contributed by atoms with Crippen LogP contribution in [0.25, 0.3) is 6.08 Å². The number of nitrogens with one attached hydrogen (secondary N) is 2. The fraction of sp³-hybridized carbons (Fsp3) is 0.138. The summed E-state index contributed by atoms with van der Waals surface area (Å²) < 4.78 is 10.1. The third-order valence-corrected chi connectivity index (χ3v) is 5.86. The van der Waals surface area contributed by atoms with Gasteiger partial charge in [-0.05, 0) is 61.0 Å². The van der Waals surface area contributed by atoms with Gasteiger partial charge in [0.15, 0.2) is 0 Å². The summed E-state index contributed by atoms with van der Waals surface area (Å²) in [6, 6.07) is 23.2. The van der Waals surface area contributed by atoms with Crippen LogP contribution in [-0.4, -0.2) is 37.3 Å². The number of rotatable bonds is 11. The Kier molecular flexibility index (Phi) is 10.6. The zero-order valence-corrected chi connectivity index (χ0v) is 21.4. The van der Waals surface area contributed by atoms with Crippen molar-refractivity contribution in [1.82, 2.24) is 5.32 Å². The molecule has 190 valence electrons. The van der Waals surface area contributed by atoms with Crippen LogP contribution in [0.1, 0.15) is 22.8 Å². The zero-order valence-electron chi connectivity index (χ0n) is 20.6. The molecule has 37 heavy (non-hydrogen) atoms. The SMILES string of the molecule is CCOC(=O)/C=C/CSc1cccc(NC(=O)/C(=C\c2cccc(OC)c2)NC(=O)c2ccccc2)c1. The third-order valence-electron chi connectivity index (χ3n) is 4.91. The van der Waals surface area contributed by atoms with Crippen LogP contribution in [0.15, 0.2) is 102 Å². The maximum absolute atomic E-state index is 13.3. The van der Waals surface area contributed by atoms with Gasteiger partial charge in [-0.2, -0.15) is 0 Å². The Morgan fingerprint density at radius 3 is 2.49 bits per heavy atom. The Hall–Kier alpha value is -4.30. The van der Waals surface area contributed by atoms with E-state index in [1.165, 1.54) is 17.8 Å². The van der Waals surface area contributed by atoms with Crippen LogP contribution in [0.4, 0.5) is 5.69 Å². The van der Waals surface area contributed by atoms with E-state index in [1.54, 1.807) is 74.7 Å². The molecule has 0 unspecified atom stereocenters. The molecule has 0 aliphatic heterocycles. The van der Waals surface area contributed by atoms with Gasteiger partial charge in [-0.3, -0.25) is 9.59 Å². The third kappa shape index (κ3) is 9.01. The van der Waals surface area contributed by atoms with Crippen LogP contribution in [0, 0.1) is 0 Å². The molecule has 3 aromatic carbocycles. The number of amides is 2. The first-order valence-electron chi connectivity index (χ1n) is 11.6. The average molecular weight is 517 g/mol. The normalized spacial score (nSPS) is 11.1. The summed E-state index contributed by atoms with van der Waals surface area (Å²) in [4.78, 5) is 38.4. The zero-order chi connectivity index (χ0) is 26.5. The van der Waals surface area contributed by atoms with Crippen molar-refractivity contribution in [3.63, 3.8) is 0 Å². The van der Waals surface area contributed by atoms with Crippen LogP contribution in [0.5, 0.6) is 5.75 Å². The highest BCUT2D eigenvalue weighted by atomic mass is 32.2. The molecule has 3 rings (SSSR count). The maximum atomic E-state index is 13.3. The van der Waals surface area contributed by atoms with Gasteiger partial charge < -0.3 is 20.1 Å². The molecule has 0 saturated heterocycles. The van der Waals surface area contributed by atoms with Crippen molar-refractivity contribution in [2.24, 2.45) is 0 Å². The first-order valence-corrected chi connectivity index (χ1v) is 12.6. The smallest absolute Gasteiger partial charge is 0.330 e. The van der Waals surface area contributed by atoms with E-state index in [-0.39, 0.29) is 11.7 Å². The highest BCUT2D eigenvalue weighted by Gasteiger charge is 2.15. The lowest BCUT2D eigenvalue weighted by Crippen LogP contribution is -2.30. The maximum Gasteiger partial charge on any atom is 0.330 e. The monoisotopic (exact) mass is 516 g/mol. The summed E-state index contributed by atoms with van der Waals surface area (Å²) in [5, 5.41) is 5.58. The lowest BCUT2D eigenvalue weighted by molar-refractivity contribution is -0.137. The number of hydrogen-bond acceptors (Lipinski definition) is 6. The molecule has 7 nitrogen and oxygen atoms in total. The summed E-state index contributed by atoms with van der Waals surface area (Å²) in [6.07, 6.45) is 4.71. The molecule has 8 heteroatoms. The minimum Gasteiger partial charge on any atom is -0.497 e. The predicted molar refractivity (Wildman–Crippen MR) is 146 cm³/mol. The predicted octanol–water partition coefficient (Wildman–Crippen LogP) is 5.32. The number of hydrogen-bond donors (Lipinski definition) is 2. The second kappa shape index (κ2) is 14.3. The summed E-state index contributed by atoms with van der Waals surface area (Å²) in [6.45, 7) is 2.09. The Morgan fingerprint density at radius 2 is 1.73 bits per heavy atom. The topological polar surface area (TPSA) is 93.7 Å². The largest absolute Gasteiger partial charge is 0.497 e. The number of ether oxygens (including phenoxy) is 2. The number of anilines is 1. The lowest BCUT2D eigenvalue weighted by atomic mass is 10.1. The molecule has 3 aromatic rings. The average Bonchev–Trinajstić information content (AvgIpc) is 2.91. The van der Waals surface area contributed by atoms with Crippen molar-refractivity contribution >= 4 is 41.3 Å². The first kappa shape index (κ1) is 27.3. The molecule has 0 radical (unpaired) electrons. The molecule has 0 aromatic heterocycles. The fourth-order valence-corrected chi connectivity index (χ4v) is 3.95. The van der Waals surface area contributed by atoms with E-state index < -0.39 is 11.8 Å². The lowest BCUT2D eigenvalue weighted by Gasteiger charge is -2.12. The van der Waals surface area contributed by atoms with Gasteiger partial charge in [-0.1, -0.05) is 42.5 Å². The van der Waals surface area contributed by atoms with E-state index in [0.29, 0.717) is 34.9 Å². The quantitative estimate of drug-likeness (QED) is 0.204. The van der Waals surface area contributed by atoms with Gasteiger partial charge in [0.05, 0.1) is 13.7 Å². The van der Waals surface area contributed by atoms with Gasteiger partial charge in [0, 0.05) is 28.0 Å². The van der Waals surface area contributed by atoms with Crippen LogP contribution in [0.2, 0.25) is 0 Å². The Bertz CT molecular complexity index is 1290. The van der Waals surface area contributed by atoms with Crippen molar-refractivity contribution in [3.8, 4) is 5.75 Å². The molecule has 0 heterocycles. The van der Waals surface area contributed by atoms with Gasteiger partial charge in [-0.25, -0.2) is 4.79 Å². The standard InChI is InChI=1S/C29H28N2O5S/c1-3-36-27(32)16-9-17-37-25-15-8-13-23(20-25)30-29(34)26(19-21-10-7-14-24(18-21)35-2)31-28(33)22-11-5-4-6-12-22/h4-16,18-20H,3,17H2,1-2H3,(H,30,34)(H,31,33)/b16-9+,26-19+. The van der Waals surface area contributed by atoms with Gasteiger partial charge in [0.1, 0.15) is 11.4 Å². The van der Waals surface area contributed by atoms with Gasteiger partial charge in [0.2, 0.25) is 0 Å². The van der Waals surface area contributed by atoms with E-state index in [4.69, 9.17) is 9.47 Å². The summed E-state index contributed by atoms with van der Waals surface area (Å²) >= 11 is 1.50. The molecule has 0 saturated carbocycles. The van der Waals surface area contributed by atoms with Crippen LogP contribution >= 0.6 is 11.8 Å². The fourth-order valence-electron chi connectivity index (χ4n) is 3.18. The van der Waals surface area contributed by atoms with Gasteiger partial charge in [0.25, 0.3) is 11.8 Å². The van der Waals surface area contributed by atoms with Crippen LogP contribution < -0.4 is 15.4 Å². The number of carbonyl (C=O) groups is 3. The van der Waals surface area contributed by atoms with Crippen molar-refractivity contribution in [1.29, 1.82) is 0 Å². The number of carbonyl (C=O) groups excluding carboxylic acids is 3. The molecular weight excluding hydrogens is 488 g/mol. The van der Waals surface area contributed by atoms with Crippen molar-refractivity contribution in [2.45, 2.75) is 11.8 Å². The number of thioether (sulfide) groups is 1. The van der Waals surface area contributed by atoms with Crippen molar-refractivity contribution in [2.75, 3.05) is 24.8 Å². The molecule has 0 aliphatic carbocycles. The molecular formula is C29H28N2O5S. The molecule has 2 N–H and O–H groups in total. The summed E-state index contributed by atoms with van der Waals surface area (Å²) in [5.74, 6) is -0.0645. The van der Waals surface area contributed by atoms with E-state index in [1.807, 2.05) is 30.3 Å². The molecule has 0 bridgehead atoms. The molecule has 0 fully saturated rings. The summed E-state index contributed by atoms with van der Waals surface area (Å²) in [7, 11) is 1.56. The molecule has 0 atom stereocenters. The number of esters is 1. The van der Waals surface area contributed by atoms with Gasteiger partial charge >= 0.3 is 5.97 Å². The van der Waals surface area contributed by atoms with Crippen LogP contribution in [0.3, 0.4) is 0 Å². The molecule has 0 aliphatic rings. The van der Waals surface area contributed by atoms with E-state index in [0.717, 1.165) is 4.90 Å². The van der Waals surface area contributed by atoms with Crippen molar-refractivity contribution in [3.05, 3.63) is 108 Å². The number of methoxy groups -OCH3 is 1. The van der Waals surface area contributed by atoms with E-state index in [9.17, 15) is 14.4 Å². The highest BCUT2D eigenvalue weighted by Crippen LogP contribution is 2.22. The van der Waals surface area contributed by atoms with E-state index in [2.05, 4.69) is 10.6 Å². The summed E-state index contributed by atoms with van der Waals surface area (Å²) in [5.41, 5.74) is 1.77. The number of benzene rings is 3. The Labute approximate surface area is 220 Å². The molecule has 0 spiro atoms. The Morgan fingerprint density at radius 1 is 0.946 bits per heavy atom. The second-order valence-electron chi connectivity index (χ2n) is 7.60. The van der Waals surface area contributed by atoms with Crippen LogP contribution in [-0.2, 0) is 14.3 Å².